The molecule has 2 fully saturated rings. The van der Waals surface area contributed by atoms with E-state index in [-0.39, 0.29) is 29.8 Å². The molecule has 1 unspecified atom stereocenters. The molecule has 2 aliphatic heterocycles. The van der Waals surface area contributed by atoms with Crippen molar-refractivity contribution in [3.63, 3.8) is 0 Å². The Kier molecular flexibility index (Phi) is 8.69. The molecule has 0 saturated carbocycles. The van der Waals surface area contributed by atoms with Gasteiger partial charge in [-0.2, -0.15) is 0 Å². The van der Waals surface area contributed by atoms with E-state index in [4.69, 9.17) is 0 Å². The number of nitrogens with zero attached hydrogens (tertiary/aromatic N) is 5. The zero-order chi connectivity index (χ0) is 19.4. The lowest BCUT2D eigenvalue weighted by Gasteiger charge is -2.40. The maximum absolute atomic E-state index is 14.0. The van der Waals surface area contributed by atoms with E-state index in [1.54, 1.807) is 7.05 Å². The predicted molar refractivity (Wildman–Crippen MR) is 121 cm³/mol. The fraction of sp³-hybridized carbons (Fsp3) is 0.632. The van der Waals surface area contributed by atoms with E-state index in [1.165, 1.54) is 12.1 Å². The molecule has 1 N–H and O–H groups in total. The number of hydrogen-bond acceptors (Lipinski definition) is 4. The number of nitrogens with one attached hydrogen (secondary N) is 1. The van der Waals surface area contributed by atoms with Gasteiger partial charge in [-0.15, -0.1) is 24.0 Å². The molecule has 2 aliphatic rings. The van der Waals surface area contributed by atoms with Gasteiger partial charge in [0.2, 0.25) is 0 Å². The van der Waals surface area contributed by atoms with E-state index in [0.29, 0.717) is 24.8 Å². The van der Waals surface area contributed by atoms with Gasteiger partial charge >= 0.3 is 0 Å². The van der Waals surface area contributed by atoms with Crippen molar-refractivity contribution in [2.75, 3.05) is 78.4 Å². The minimum absolute atomic E-state index is 0. The van der Waals surface area contributed by atoms with Crippen LogP contribution in [0.5, 0.6) is 0 Å². The molecule has 2 saturated heterocycles. The molecule has 1 atom stereocenters. The molecule has 0 aliphatic carbocycles. The molecule has 6 nitrogen and oxygen atoms in total. The minimum Gasteiger partial charge on any atom is -0.366 e. The number of halogens is 3. The minimum atomic E-state index is -0.409. The lowest BCUT2D eigenvalue weighted by Crippen LogP contribution is -2.57. The highest BCUT2D eigenvalue weighted by Crippen LogP contribution is 2.22. The molecule has 0 spiro atoms. The average molecular weight is 508 g/mol. The molecule has 3 rings (SSSR count). The van der Waals surface area contributed by atoms with Gasteiger partial charge in [0.25, 0.3) is 0 Å². The SMILES string of the molecule is CN=C(NCC1CN(C)CCN1C)N1CCN(c2cc(F)ccc2F)CC1.I. The first-order valence-corrected chi connectivity index (χ1v) is 9.52. The largest absolute Gasteiger partial charge is 0.366 e. The van der Waals surface area contributed by atoms with Gasteiger partial charge in [-0.25, -0.2) is 8.78 Å². The van der Waals surface area contributed by atoms with Crippen LogP contribution >= 0.6 is 24.0 Å². The number of piperazine rings is 2. The van der Waals surface area contributed by atoms with Gasteiger partial charge in [0.05, 0.1) is 5.69 Å². The van der Waals surface area contributed by atoms with Crippen molar-refractivity contribution in [2.24, 2.45) is 4.99 Å². The van der Waals surface area contributed by atoms with E-state index in [0.717, 1.165) is 51.3 Å². The Labute approximate surface area is 183 Å². The normalized spacial score (nSPS) is 22.2. The van der Waals surface area contributed by atoms with Crippen LogP contribution in [0.3, 0.4) is 0 Å². The molecular formula is C19H31F2IN6. The zero-order valence-corrected chi connectivity index (χ0v) is 19.2. The standard InChI is InChI=1S/C19H30F2N6.HI/c1-22-19(23-13-16-14-24(2)6-7-25(16)3)27-10-8-26(9-11-27)18-12-15(20)4-5-17(18)21;/h4-5,12,16H,6-11,13-14H2,1-3H3,(H,22,23);1H. The lowest BCUT2D eigenvalue weighted by molar-refractivity contribution is 0.116. The molecule has 0 aromatic heterocycles. The predicted octanol–water partition coefficient (Wildman–Crippen LogP) is 1.53. The maximum atomic E-state index is 14.0. The maximum Gasteiger partial charge on any atom is 0.193 e. The second kappa shape index (κ2) is 10.5. The van der Waals surface area contributed by atoms with Crippen LogP contribution in [0.15, 0.2) is 23.2 Å². The van der Waals surface area contributed by atoms with Crippen molar-refractivity contribution in [3.05, 3.63) is 29.8 Å². The summed E-state index contributed by atoms with van der Waals surface area (Å²) in [4.78, 5) is 13.2. The monoisotopic (exact) mass is 508 g/mol. The summed E-state index contributed by atoms with van der Waals surface area (Å²) in [5, 5.41) is 3.49. The third-order valence-electron chi connectivity index (χ3n) is 5.52. The van der Waals surface area contributed by atoms with Crippen LogP contribution in [0.1, 0.15) is 0 Å². The number of anilines is 1. The van der Waals surface area contributed by atoms with E-state index >= 15 is 0 Å². The fourth-order valence-corrected chi connectivity index (χ4v) is 3.75. The topological polar surface area (TPSA) is 37.4 Å². The van der Waals surface area contributed by atoms with Crippen LogP contribution in [-0.2, 0) is 0 Å². The van der Waals surface area contributed by atoms with Gasteiger partial charge in [0.15, 0.2) is 5.96 Å². The summed E-state index contributed by atoms with van der Waals surface area (Å²) < 4.78 is 27.5. The molecule has 1 aromatic carbocycles. The van der Waals surface area contributed by atoms with Crippen molar-refractivity contribution in [3.8, 4) is 0 Å². The highest BCUT2D eigenvalue weighted by Gasteiger charge is 2.25. The molecule has 2 heterocycles. The van der Waals surface area contributed by atoms with Crippen molar-refractivity contribution >= 4 is 35.6 Å². The smallest absolute Gasteiger partial charge is 0.193 e. The third kappa shape index (κ3) is 5.66. The van der Waals surface area contributed by atoms with Crippen LogP contribution in [-0.4, -0.2) is 100 Å². The number of benzene rings is 1. The Balaban J connectivity index is 0.00000280. The van der Waals surface area contributed by atoms with Crippen LogP contribution in [0.2, 0.25) is 0 Å². The first-order chi connectivity index (χ1) is 13.0. The summed E-state index contributed by atoms with van der Waals surface area (Å²) in [5.41, 5.74) is 0.337. The van der Waals surface area contributed by atoms with Crippen molar-refractivity contribution in [2.45, 2.75) is 6.04 Å². The number of likely N-dealkylation sites (N-methyl/N-ethyl adjacent to an activating group) is 2. The Hall–Kier alpha value is -1.20. The summed E-state index contributed by atoms with van der Waals surface area (Å²) in [6, 6.07) is 4.06. The van der Waals surface area contributed by atoms with Crippen LogP contribution in [0.25, 0.3) is 0 Å². The number of hydrogen-bond donors (Lipinski definition) is 1. The Morgan fingerprint density at radius 2 is 1.82 bits per heavy atom. The van der Waals surface area contributed by atoms with Gasteiger partial charge < -0.3 is 20.0 Å². The number of rotatable bonds is 3. The van der Waals surface area contributed by atoms with Crippen molar-refractivity contribution in [1.82, 2.24) is 20.0 Å². The summed E-state index contributed by atoms with van der Waals surface area (Å²) in [7, 11) is 6.10. The molecule has 28 heavy (non-hydrogen) atoms. The highest BCUT2D eigenvalue weighted by molar-refractivity contribution is 14.0. The van der Waals surface area contributed by atoms with Gasteiger partial charge in [0.1, 0.15) is 11.6 Å². The van der Waals surface area contributed by atoms with E-state index in [9.17, 15) is 8.78 Å². The van der Waals surface area contributed by atoms with Crippen LogP contribution in [0.4, 0.5) is 14.5 Å². The van der Waals surface area contributed by atoms with E-state index in [2.05, 4.69) is 39.1 Å². The summed E-state index contributed by atoms with van der Waals surface area (Å²) in [6.07, 6.45) is 0. The molecule has 9 heteroatoms. The zero-order valence-electron chi connectivity index (χ0n) is 16.9. The fourth-order valence-electron chi connectivity index (χ4n) is 3.75. The van der Waals surface area contributed by atoms with E-state index < -0.39 is 5.82 Å². The lowest BCUT2D eigenvalue weighted by atomic mass is 10.2. The van der Waals surface area contributed by atoms with Gasteiger partial charge in [-0.1, -0.05) is 0 Å². The highest BCUT2D eigenvalue weighted by atomic mass is 127. The Bertz CT molecular complexity index is 666. The van der Waals surface area contributed by atoms with Gasteiger partial charge in [-0.3, -0.25) is 9.89 Å². The molecule has 0 radical (unpaired) electrons. The second-order valence-electron chi connectivity index (χ2n) is 7.39. The van der Waals surface area contributed by atoms with Crippen LogP contribution in [0, 0.1) is 11.6 Å². The summed E-state index contributed by atoms with van der Waals surface area (Å²) >= 11 is 0. The Morgan fingerprint density at radius 1 is 1.11 bits per heavy atom. The quantitative estimate of drug-likeness (QED) is 0.381. The Morgan fingerprint density at radius 3 is 2.50 bits per heavy atom. The third-order valence-corrected chi connectivity index (χ3v) is 5.52. The van der Waals surface area contributed by atoms with Crippen LogP contribution < -0.4 is 10.2 Å². The molecule has 158 valence electrons. The van der Waals surface area contributed by atoms with Gasteiger partial charge in [-0.05, 0) is 26.2 Å². The van der Waals surface area contributed by atoms with Crippen molar-refractivity contribution in [1.29, 1.82) is 0 Å². The van der Waals surface area contributed by atoms with E-state index in [1.807, 2.05) is 4.90 Å². The molecular weight excluding hydrogens is 477 g/mol. The average Bonchev–Trinajstić information content (AvgIpc) is 2.67. The summed E-state index contributed by atoms with van der Waals surface area (Å²) in [6.45, 7) is 6.74. The molecule has 0 bridgehead atoms. The first kappa shape index (κ1) is 23.1. The van der Waals surface area contributed by atoms with Gasteiger partial charge in [0, 0.05) is 71.5 Å². The number of aliphatic imine (C=N–C) groups is 1. The van der Waals surface area contributed by atoms with Crippen molar-refractivity contribution < 1.29 is 8.78 Å². The molecule has 1 aromatic rings. The second-order valence-corrected chi connectivity index (χ2v) is 7.39. The molecule has 0 amide bonds. The summed E-state index contributed by atoms with van der Waals surface area (Å²) in [5.74, 6) is 0.0840. The first-order valence-electron chi connectivity index (χ1n) is 9.52. The number of guanidine groups is 1.